The molecule has 0 atom stereocenters. The van der Waals surface area contributed by atoms with E-state index < -0.39 is 24.3 Å². The van der Waals surface area contributed by atoms with Crippen LogP contribution < -0.4 is 4.90 Å². The molecular weight excluding hydrogens is 377 g/mol. The predicted octanol–water partition coefficient (Wildman–Crippen LogP) is 2.38. The predicted molar refractivity (Wildman–Crippen MR) is 103 cm³/mol. The van der Waals surface area contributed by atoms with Crippen molar-refractivity contribution in [2.75, 3.05) is 18.1 Å². The summed E-state index contributed by atoms with van der Waals surface area (Å²) in [7, 11) is 0. The highest BCUT2D eigenvalue weighted by Gasteiger charge is 2.17. The van der Waals surface area contributed by atoms with Crippen molar-refractivity contribution in [3.8, 4) is 11.4 Å². The maximum absolute atomic E-state index is 13.1. The minimum absolute atomic E-state index is 0.269. The van der Waals surface area contributed by atoms with E-state index in [0.717, 1.165) is 15.9 Å². The van der Waals surface area contributed by atoms with E-state index in [1.54, 1.807) is 6.92 Å². The SMILES string of the molecule is CCN(C(=O)COC(=O)Cn1nnc(-c2ccc(C)cc2)n1)c1ccc(F)cc1. The maximum Gasteiger partial charge on any atom is 0.330 e. The quantitative estimate of drug-likeness (QED) is 0.569. The first-order valence-corrected chi connectivity index (χ1v) is 9.02. The van der Waals surface area contributed by atoms with Crippen molar-refractivity contribution < 1.29 is 18.7 Å². The number of hydrogen-bond donors (Lipinski definition) is 0. The molecule has 1 amide bonds. The van der Waals surface area contributed by atoms with E-state index in [4.69, 9.17) is 4.74 Å². The molecule has 9 heteroatoms. The number of carbonyl (C=O) groups is 2. The van der Waals surface area contributed by atoms with Crippen LogP contribution in [0.15, 0.2) is 48.5 Å². The molecule has 3 rings (SSSR count). The highest BCUT2D eigenvalue weighted by atomic mass is 19.1. The van der Waals surface area contributed by atoms with Gasteiger partial charge >= 0.3 is 5.97 Å². The van der Waals surface area contributed by atoms with Crippen LogP contribution >= 0.6 is 0 Å². The highest BCUT2D eigenvalue weighted by Crippen LogP contribution is 2.15. The van der Waals surface area contributed by atoms with Gasteiger partial charge < -0.3 is 9.64 Å². The molecule has 0 spiro atoms. The van der Waals surface area contributed by atoms with Gasteiger partial charge in [0.15, 0.2) is 13.2 Å². The monoisotopic (exact) mass is 397 g/mol. The number of nitrogens with zero attached hydrogens (tertiary/aromatic N) is 5. The third-order valence-electron chi connectivity index (χ3n) is 4.15. The van der Waals surface area contributed by atoms with E-state index in [2.05, 4.69) is 15.4 Å². The fourth-order valence-electron chi connectivity index (χ4n) is 2.63. The second-order valence-corrected chi connectivity index (χ2v) is 6.28. The van der Waals surface area contributed by atoms with Crippen molar-refractivity contribution in [2.24, 2.45) is 0 Å². The Hall–Kier alpha value is -3.62. The number of ether oxygens (including phenoxy) is 1. The number of halogens is 1. The van der Waals surface area contributed by atoms with Gasteiger partial charge in [-0.1, -0.05) is 29.8 Å². The fraction of sp³-hybridized carbons (Fsp3) is 0.250. The second-order valence-electron chi connectivity index (χ2n) is 6.28. The maximum atomic E-state index is 13.1. The summed E-state index contributed by atoms with van der Waals surface area (Å²) in [6, 6.07) is 13.1. The van der Waals surface area contributed by atoms with Crippen LogP contribution in [-0.2, 0) is 20.9 Å². The normalized spacial score (nSPS) is 10.6. The molecule has 8 nitrogen and oxygen atoms in total. The lowest BCUT2D eigenvalue weighted by Crippen LogP contribution is -2.35. The number of esters is 1. The Bertz CT molecular complexity index is 986. The molecule has 0 aliphatic rings. The standard InChI is InChI=1S/C20H20FN5O3/c1-3-25(17-10-8-16(21)9-11-17)18(27)13-29-19(28)12-26-23-20(22-24-26)15-6-4-14(2)5-7-15/h4-11H,3,12-13H2,1-2H3. The third-order valence-corrected chi connectivity index (χ3v) is 4.15. The van der Waals surface area contributed by atoms with Gasteiger partial charge in [0, 0.05) is 17.8 Å². The topological polar surface area (TPSA) is 90.2 Å². The molecular formula is C20H20FN5O3. The van der Waals surface area contributed by atoms with E-state index in [1.807, 2.05) is 31.2 Å². The van der Waals surface area contributed by atoms with Crippen LogP contribution in [0.2, 0.25) is 0 Å². The summed E-state index contributed by atoms with van der Waals surface area (Å²) in [5, 5.41) is 11.9. The summed E-state index contributed by atoms with van der Waals surface area (Å²) in [4.78, 5) is 26.9. The molecule has 0 saturated carbocycles. The first kappa shape index (κ1) is 20.1. The Balaban J connectivity index is 1.54. The van der Waals surface area contributed by atoms with E-state index in [1.165, 1.54) is 29.2 Å². The molecule has 0 bridgehead atoms. The van der Waals surface area contributed by atoms with E-state index in [9.17, 15) is 14.0 Å². The summed E-state index contributed by atoms with van der Waals surface area (Å²) in [5.41, 5.74) is 2.41. The molecule has 2 aromatic carbocycles. The van der Waals surface area contributed by atoms with Crippen molar-refractivity contribution in [1.29, 1.82) is 0 Å². The average Bonchev–Trinajstić information content (AvgIpc) is 3.17. The number of carbonyl (C=O) groups excluding carboxylic acids is 2. The van der Waals surface area contributed by atoms with E-state index in [-0.39, 0.29) is 6.54 Å². The summed E-state index contributed by atoms with van der Waals surface area (Å²) in [5.74, 6) is -1.09. The average molecular weight is 397 g/mol. The van der Waals surface area contributed by atoms with Gasteiger partial charge in [-0.3, -0.25) is 4.79 Å². The largest absolute Gasteiger partial charge is 0.454 e. The van der Waals surface area contributed by atoms with Gasteiger partial charge in [-0.15, -0.1) is 10.2 Å². The van der Waals surface area contributed by atoms with Gasteiger partial charge in [0.2, 0.25) is 5.82 Å². The van der Waals surface area contributed by atoms with Gasteiger partial charge in [0.25, 0.3) is 5.91 Å². The van der Waals surface area contributed by atoms with Crippen LogP contribution in [-0.4, -0.2) is 45.2 Å². The summed E-state index contributed by atoms with van der Waals surface area (Å²) in [6.45, 7) is 3.39. The molecule has 0 aliphatic carbocycles. The zero-order valence-corrected chi connectivity index (χ0v) is 16.1. The summed E-state index contributed by atoms with van der Waals surface area (Å²) >= 11 is 0. The number of anilines is 1. The zero-order valence-electron chi connectivity index (χ0n) is 16.1. The molecule has 3 aromatic rings. The molecule has 0 radical (unpaired) electrons. The van der Waals surface area contributed by atoms with Crippen molar-refractivity contribution in [3.05, 3.63) is 59.9 Å². The minimum atomic E-state index is -0.665. The van der Waals surface area contributed by atoms with Gasteiger partial charge in [-0.2, -0.15) is 4.80 Å². The van der Waals surface area contributed by atoms with Crippen LogP contribution in [0, 0.1) is 12.7 Å². The molecule has 1 heterocycles. The fourth-order valence-corrected chi connectivity index (χ4v) is 2.63. The third kappa shape index (κ3) is 5.22. The van der Waals surface area contributed by atoms with Crippen LogP contribution in [0.1, 0.15) is 12.5 Å². The van der Waals surface area contributed by atoms with Crippen molar-refractivity contribution in [1.82, 2.24) is 20.2 Å². The van der Waals surface area contributed by atoms with Gasteiger partial charge in [0.05, 0.1) is 0 Å². The molecule has 1 aromatic heterocycles. The number of rotatable bonds is 7. The number of tetrazole rings is 1. The molecule has 0 aliphatic heterocycles. The van der Waals surface area contributed by atoms with Crippen LogP contribution in [0.25, 0.3) is 11.4 Å². The number of benzene rings is 2. The summed E-state index contributed by atoms with van der Waals surface area (Å²) in [6.07, 6.45) is 0. The first-order valence-electron chi connectivity index (χ1n) is 9.02. The van der Waals surface area contributed by atoms with Crippen LogP contribution in [0.3, 0.4) is 0 Å². The number of hydrogen-bond acceptors (Lipinski definition) is 6. The lowest BCUT2D eigenvalue weighted by atomic mass is 10.1. The van der Waals surface area contributed by atoms with Gasteiger partial charge in [-0.25, -0.2) is 9.18 Å². The molecule has 29 heavy (non-hydrogen) atoms. The Morgan fingerprint density at radius 1 is 1.10 bits per heavy atom. The molecule has 0 unspecified atom stereocenters. The number of likely N-dealkylation sites (N-methyl/N-ethyl adjacent to an activating group) is 1. The number of amides is 1. The Labute approximate surface area is 166 Å². The van der Waals surface area contributed by atoms with E-state index >= 15 is 0 Å². The highest BCUT2D eigenvalue weighted by molar-refractivity contribution is 5.95. The summed E-state index contributed by atoms with van der Waals surface area (Å²) < 4.78 is 18.1. The van der Waals surface area contributed by atoms with Crippen molar-refractivity contribution in [2.45, 2.75) is 20.4 Å². The van der Waals surface area contributed by atoms with Crippen LogP contribution in [0.5, 0.6) is 0 Å². The first-order chi connectivity index (χ1) is 14.0. The van der Waals surface area contributed by atoms with Crippen LogP contribution in [0.4, 0.5) is 10.1 Å². The van der Waals surface area contributed by atoms with Gasteiger partial charge in [0.1, 0.15) is 5.82 Å². The lowest BCUT2D eigenvalue weighted by Gasteiger charge is -2.20. The Kier molecular flexibility index (Phi) is 6.28. The molecule has 0 saturated heterocycles. The minimum Gasteiger partial charge on any atom is -0.454 e. The molecule has 0 fully saturated rings. The lowest BCUT2D eigenvalue weighted by molar-refractivity contribution is -0.148. The smallest absolute Gasteiger partial charge is 0.330 e. The molecule has 150 valence electrons. The number of aryl methyl sites for hydroxylation is 1. The molecule has 0 N–H and O–H groups in total. The van der Waals surface area contributed by atoms with Crippen molar-refractivity contribution in [3.63, 3.8) is 0 Å². The zero-order chi connectivity index (χ0) is 20.8. The second kappa shape index (κ2) is 9.05. The Morgan fingerprint density at radius 3 is 2.45 bits per heavy atom. The van der Waals surface area contributed by atoms with Gasteiger partial charge in [-0.05, 0) is 43.3 Å². The number of aromatic nitrogens is 4. The Morgan fingerprint density at radius 2 is 1.79 bits per heavy atom. The van der Waals surface area contributed by atoms with E-state index in [0.29, 0.717) is 18.1 Å². The van der Waals surface area contributed by atoms with Crippen molar-refractivity contribution >= 4 is 17.6 Å².